The largest absolute Gasteiger partial charge is 0.388 e. The number of piperidine rings is 1. The second-order valence-corrected chi connectivity index (χ2v) is 8.60. The quantitative estimate of drug-likeness (QED) is 0.652. The lowest BCUT2D eigenvalue weighted by Crippen LogP contribution is -2.66. The first-order valence-electron chi connectivity index (χ1n) is 9.75. The normalized spacial score (nSPS) is 27.2. The first-order chi connectivity index (χ1) is 13.1. The highest BCUT2D eigenvalue weighted by Crippen LogP contribution is 2.40. The van der Waals surface area contributed by atoms with E-state index in [-0.39, 0.29) is 24.1 Å². The van der Waals surface area contributed by atoms with E-state index in [4.69, 9.17) is 10.5 Å². The first kappa shape index (κ1) is 20.8. The van der Waals surface area contributed by atoms with Gasteiger partial charge in [-0.3, -0.25) is 4.79 Å². The molecule has 9 heteroatoms. The summed E-state index contributed by atoms with van der Waals surface area (Å²) in [4.78, 5) is 24.8. The third-order valence-electron chi connectivity index (χ3n) is 5.71. The number of aromatic nitrogens is 2. The number of nitrogens with zero attached hydrogens (tertiary/aromatic N) is 4. The van der Waals surface area contributed by atoms with Crippen molar-refractivity contribution < 1.29 is 14.6 Å². The third-order valence-corrected chi connectivity index (χ3v) is 5.71. The second-order valence-electron chi connectivity index (χ2n) is 8.60. The molecule has 0 aliphatic carbocycles. The molecule has 1 aromatic heterocycles. The Bertz CT molecular complexity index is 699. The van der Waals surface area contributed by atoms with Crippen molar-refractivity contribution in [1.82, 2.24) is 20.2 Å². The molecule has 1 spiro atoms. The minimum absolute atomic E-state index is 0.0898. The van der Waals surface area contributed by atoms with Gasteiger partial charge in [0.05, 0.1) is 24.3 Å². The van der Waals surface area contributed by atoms with Crippen molar-refractivity contribution in [3.63, 3.8) is 0 Å². The van der Waals surface area contributed by atoms with Gasteiger partial charge in [0.25, 0.3) is 0 Å². The number of nitrogens with two attached hydrogens (primary N) is 1. The van der Waals surface area contributed by atoms with Crippen LogP contribution in [0.2, 0.25) is 0 Å². The number of aliphatic hydroxyl groups excluding tert-OH is 1. The number of carbonyl (C=O) groups excluding carboxylic acids is 1. The molecule has 2 saturated heterocycles. The number of ether oxygens (including phenoxy) is 1. The summed E-state index contributed by atoms with van der Waals surface area (Å²) in [6.07, 6.45) is 1.44. The average Bonchev–Trinajstić information content (AvgIpc) is 2.57. The van der Waals surface area contributed by atoms with E-state index in [2.05, 4.69) is 20.2 Å². The van der Waals surface area contributed by atoms with Gasteiger partial charge in [-0.1, -0.05) is 0 Å². The van der Waals surface area contributed by atoms with Gasteiger partial charge in [0.2, 0.25) is 11.9 Å². The SMILES string of the molecule is Cc1cc(N2CCC3(CC2)C[C@@](C)(NC(=O)CN(C)C)[C@H](O)CO3)nc(N)n1. The summed E-state index contributed by atoms with van der Waals surface area (Å²) in [6.45, 7) is 5.87. The summed E-state index contributed by atoms with van der Waals surface area (Å²) in [7, 11) is 3.70. The number of hydrogen-bond acceptors (Lipinski definition) is 8. The van der Waals surface area contributed by atoms with E-state index in [1.165, 1.54) is 0 Å². The van der Waals surface area contributed by atoms with Crippen molar-refractivity contribution in [3.05, 3.63) is 11.8 Å². The van der Waals surface area contributed by atoms with Crippen LogP contribution in [0.3, 0.4) is 0 Å². The summed E-state index contributed by atoms with van der Waals surface area (Å²) in [5.74, 6) is 1.02. The molecule has 2 fully saturated rings. The van der Waals surface area contributed by atoms with Crippen LogP contribution in [0.25, 0.3) is 0 Å². The molecule has 0 unspecified atom stereocenters. The summed E-state index contributed by atoms with van der Waals surface area (Å²) in [5, 5.41) is 13.6. The van der Waals surface area contributed by atoms with Crippen LogP contribution in [-0.4, -0.2) is 83.5 Å². The Labute approximate surface area is 166 Å². The van der Waals surface area contributed by atoms with Gasteiger partial charge in [0.1, 0.15) is 11.9 Å². The zero-order valence-corrected chi connectivity index (χ0v) is 17.2. The predicted octanol–water partition coefficient (Wildman–Crippen LogP) is -0.0761. The highest BCUT2D eigenvalue weighted by Gasteiger charge is 2.50. The topological polar surface area (TPSA) is 117 Å². The van der Waals surface area contributed by atoms with E-state index in [0.29, 0.717) is 13.0 Å². The summed E-state index contributed by atoms with van der Waals surface area (Å²) in [6, 6.07) is 1.94. The van der Waals surface area contributed by atoms with Crippen LogP contribution in [0, 0.1) is 6.92 Å². The minimum Gasteiger partial charge on any atom is -0.388 e. The smallest absolute Gasteiger partial charge is 0.234 e. The Balaban J connectivity index is 1.67. The fourth-order valence-electron chi connectivity index (χ4n) is 4.25. The standard InChI is InChI=1S/C19H32N6O3/c1-13-9-15(22-17(20)21-13)25-7-5-19(6-8-25)12-18(2,14(26)11-28-19)23-16(27)10-24(3)4/h9,14,26H,5-8,10-12H2,1-4H3,(H,23,27)(H2,20,21,22)/t14-,18-/m1/s1. The predicted molar refractivity (Wildman–Crippen MR) is 107 cm³/mol. The zero-order valence-electron chi connectivity index (χ0n) is 17.2. The Kier molecular flexibility index (Phi) is 5.79. The number of hydrogen-bond donors (Lipinski definition) is 3. The molecule has 0 bridgehead atoms. The molecule has 2 aliphatic rings. The Morgan fingerprint density at radius 2 is 2.11 bits per heavy atom. The molecule has 0 saturated carbocycles. The number of aryl methyl sites for hydroxylation is 1. The van der Waals surface area contributed by atoms with Crippen molar-refractivity contribution in [2.24, 2.45) is 0 Å². The molecule has 1 amide bonds. The molecule has 0 radical (unpaired) electrons. The third kappa shape index (κ3) is 4.53. The number of amides is 1. The van der Waals surface area contributed by atoms with Crippen LogP contribution in [0.4, 0.5) is 11.8 Å². The van der Waals surface area contributed by atoms with Crippen molar-refractivity contribution in [1.29, 1.82) is 0 Å². The number of aliphatic hydroxyl groups is 1. The fourth-order valence-corrected chi connectivity index (χ4v) is 4.25. The summed E-state index contributed by atoms with van der Waals surface area (Å²) in [5.41, 5.74) is 5.57. The van der Waals surface area contributed by atoms with E-state index in [9.17, 15) is 9.90 Å². The van der Waals surface area contributed by atoms with Gasteiger partial charge in [0.15, 0.2) is 0 Å². The van der Waals surface area contributed by atoms with E-state index in [1.54, 1.807) is 0 Å². The summed E-state index contributed by atoms with van der Waals surface area (Å²) >= 11 is 0. The minimum atomic E-state index is -0.730. The monoisotopic (exact) mass is 392 g/mol. The maximum atomic E-state index is 12.3. The van der Waals surface area contributed by atoms with Gasteiger partial charge in [-0.15, -0.1) is 0 Å². The average molecular weight is 393 g/mol. The highest BCUT2D eigenvalue weighted by atomic mass is 16.5. The van der Waals surface area contributed by atoms with Crippen LogP contribution in [0.15, 0.2) is 6.07 Å². The highest BCUT2D eigenvalue weighted by molar-refractivity contribution is 5.78. The molecule has 2 aliphatic heterocycles. The molecule has 28 heavy (non-hydrogen) atoms. The molecule has 1 aromatic rings. The van der Waals surface area contributed by atoms with Gasteiger partial charge in [0, 0.05) is 31.3 Å². The van der Waals surface area contributed by atoms with Crippen molar-refractivity contribution in [2.75, 3.05) is 51.0 Å². The number of nitrogen functional groups attached to an aromatic ring is 1. The Morgan fingerprint density at radius 1 is 1.43 bits per heavy atom. The fraction of sp³-hybridized carbons (Fsp3) is 0.737. The molecule has 9 nitrogen and oxygen atoms in total. The van der Waals surface area contributed by atoms with Gasteiger partial charge in [-0.25, -0.2) is 4.98 Å². The molecular weight excluding hydrogens is 360 g/mol. The molecule has 3 heterocycles. The number of anilines is 2. The molecule has 4 N–H and O–H groups in total. The van der Waals surface area contributed by atoms with E-state index >= 15 is 0 Å². The van der Waals surface area contributed by atoms with Gasteiger partial charge >= 0.3 is 0 Å². The maximum Gasteiger partial charge on any atom is 0.234 e. The van der Waals surface area contributed by atoms with Crippen molar-refractivity contribution in [2.45, 2.75) is 50.4 Å². The molecule has 0 aromatic carbocycles. The molecular formula is C19H32N6O3. The van der Waals surface area contributed by atoms with Crippen LogP contribution in [-0.2, 0) is 9.53 Å². The number of rotatable bonds is 4. The number of carbonyl (C=O) groups is 1. The van der Waals surface area contributed by atoms with Crippen LogP contribution in [0.1, 0.15) is 31.9 Å². The first-order valence-corrected chi connectivity index (χ1v) is 9.75. The lowest BCUT2D eigenvalue weighted by Gasteiger charge is -2.52. The van der Waals surface area contributed by atoms with Crippen LogP contribution < -0.4 is 16.0 Å². The molecule has 156 valence electrons. The van der Waals surface area contributed by atoms with Crippen LogP contribution >= 0.6 is 0 Å². The maximum absolute atomic E-state index is 12.3. The van der Waals surface area contributed by atoms with E-state index < -0.39 is 11.6 Å². The zero-order chi connectivity index (χ0) is 20.5. The lowest BCUT2D eigenvalue weighted by atomic mass is 9.74. The van der Waals surface area contributed by atoms with Gasteiger partial charge in [-0.2, -0.15) is 4.98 Å². The number of nitrogens with one attached hydrogen (secondary N) is 1. The van der Waals surface area contributed by atoms with E-state index in [0.717, 1.165) is 37.4 Å². The Hall–Kier alpha value is -1.97. The van der Waals surface area contributed by atoms with E-state index in [1.807, 2.05) is 38.9 Å². The van der Waals surface area contributed by atoms with Crippen molar-refractivity contribution in [3.8, 4) is 0 Å². The second kappa shape index (κ2) is 7.81. The summed E-state index contributed by atoms with van der Waals surface area (Å²) < 4.78 is 6.11. The van der Waals surface area contributed by atoms with Gasteiger partial charge in [-0.05, 0) is 40.8 Å². The van der Waals surface area contributed by atoms with Crippen LogP contribution in [0.5, 0.6) is 0 Å². The van der Waals surface area contributed by atoms with Gasteiger partial charge < -0.3 is 30.7 Å². The molecule has 3 rings (SSSR count). The Morgan fingerprint density at radius 3 is 2.71 bits per heavy atom. The van der Waals surface area contributed by atoms with Crippen molar-refractivity contribution >= 4 is 17.7 Å². The lowest BCUT2D eigenvalue weighted by molar-refractivity contribution is -0.172. The number of likely N-dealkylation sites (N-methyl/N-ethyl adjacent to an activating group) is 1. The molecule has 2 atom stereocenters.